The van der Waals surface area contributed by atoms with Crippen LogP contribution in [0.1, 0.15) is 25.7 Å². The molecule has 0 aliphatic heterocycles. The van der Waals surface area contributed by atoms with Gasteiger partial charge in [-0.15, -0.1) is 0 Å². The van der Waals surface area contributed by atoms with Gasteiger partial charge in [-0.3, -0.25) is 0 Å². The molecule has 0 saturated heterocycles. The van der Waals surface area contributed by atoms with E-state index in [2.05, 4.69) is 24.1 Å². The van der Waals surface area contributed by atoms with Crippen molar-refractivity contribution in [2.75, 3.05) is 25.6 Å². The summed E-state index contributed by atoms with van der Waals surface area (Å²) in [5, 5.41) is 9.24. The van der Waals surface area contributed by atoms with Crippen LogP contribution in [-0.4, -0.2) is 26.2 Å². The smallest absolute Gasteiger partial charge is 0.120 e. The number of rotatable bonds is 5. The van der Waals surface area contributed by atoms with Gasteiger partial charge in [0.25, 0.3) is 0 Å². The first kappa shape index (κ1) is 14.7. The molecule has 1 aromatic carbocycles. The van der Waals surface area contributed by atoms with Crippen LogP contribution in [0.4, 0.5) is 5.69 Å². The minimum Gasteiger partial charge on any atom is -0.497 e. The van der Waals surface area contributed by atoms with Crippen LogP contribution >= 0.6 is 0 Å². The van der Waals surface area contributed by atoms with Crippen molar-refractivity contribution in [3.8, 4) is 11.8 Å². The summed E-state index contributed by atoms with van der Waals surface area (Å²) < 4.78 is 5.24. The Bertz CT molecular complexity index is 497. The highest BCUT2D eigenvalue weighted by molar-refractivity contribution is 5.50. The van der Waals surface area contributed by atoms with E-state index in [1.807, 2.05) is 18.2 Å². The Morgan fingerprint density at radius 1 is 1.55 bits per heavy atom. The largest absolute Gasteiger partial charge is 0.497 e. The molecule has 2 N–H and O–H groups in total. The molecule has 0 spiro atoms. The molecular formula is C16H23N3O. The summed E-state index contributed by atoms with van der Waals surface area (Å²) in [4.78, 5) is 2.19. The van der Waals surface area contributed by atoms with Crippen LogP contribution in [0.5, 0.6) is 5.75 Å². The van der Waals surface area contributed by atoms with Crippen LogP contribution in [-0.2, 0) is 0 Å². The van der Waals surface area contributed by atoms with E-state index in [0.29, 0.717) is 5.92 Å². The van der Waals surface area contributed by atoms with Crippen molar-refractivity contribution in [3.05, 3.63) is 24.3 Å². The monoisotopic (exact) mass is 273 g/mol. The number of methoxy groups -OCH3 is 1. The maximum Gasteiger partial charge on any atom is 0.120 e. The third-order valence-electron chi connectivity index (χ3n) is 4.39. The van der Waals surface area contributed by atoms with E-state index in [9.17, 15) is 5.26 Å². The van der Waals surface area contributed by atoms with E-state index in [1.165, 1.54) is 0 Å². The van der Waals surface area contributed by atoms with Gasteiger partial charge in [0.1, 0.15) is 11.3 Å². The molecule has 0 aromatic heterocycles. The zero-order chi connectivity index (χ0) is 14.6. The van der Waals surface area contributed by atoms with Gasteiger partial charge in [-0.25, -0.2) is 0 Å². The second kappa shape index (κ2) is 6.15. The van der Waals surface area contributed by atoms with Crippen molar-refractivity contribution in [2.24, 2.45) is 11.7 Å². The van der Waals surface area contributed by atoms with Crippen molar-refractivity contribution < 1.29 is 4.74 Å². The average Bonchev–Trinajstić information content (AvgIpc) is 2.86. The van der Waals surface area contributed by atoms with Gasteiger partial charge in [0, 0.05) is 25.3 Å². The zero-order valence-electron chi connectivity index (χ0n) is 12.3. The van der Waals surface area contributed by atoms with Crippen LogP contribution < -0.4 is 15.4 Å². The molecule has 0 amide bonds. The summed E-state index contributed by atoms with van der Waals surface area (Å²) >= 11 is 0. The van der Waals surface area contributed by atoms with Crippen molar-refractivity contribution in [3.63, 3.8) is 0 Å². The predicted molar refractivity (Wildman–Crippen MR) is 80.8 cm³/mol. The molecule has 1 aliphatic carbocycles. The van der Waals surface area contributed by atoms with E-state index >= 15 is 0 Å². The Morgan fingerprint density at radius 2 is 2.35 bits per heavy atom. The third-order valence-corrected chi connectivity index (χ3v) is 4.39. The Labute approximate surface area is 121 Å². The van der Waals surface area contributed by atoms with Gasteiger partial charge in [-0.2, -0.15) is 5.26 Å². The minimum atomic E-state index is -0.616. The third kappa shape index (κ3) is 3.05. The van der Waals surface area contributed by atoms with Crippen LogP contribution in [0, 0.1) is 17.2 Å². The number of nitrogens with two attached hydrogens (primary N) is 1. The highest BCUT2D eigenvalue weighted by Crippen LogP contribution is 2.35. The second-order valence-electron chi connectivity index (χ2n) is 5.65. The molecule has 1 fully saturated rings. The normalized spacial score (nSPS) is 25.2. The summed E-state index contributed by atoms with van der Waals surface area (Å²) in [5.74, 6) is 1.17. The van der Waals surface area contributed by atoms with Crippen molar-refractivity contribution in [2.45, 2.75) is 31.2 Å². The van der Waals surface area contributed by atoms with Gasteiger partial charge < -0.3 is 15.4 Å². The molecule has 2 atom stereocenters. The first-order valence-corrected chi connectivity index (χ1v) is 7.14. The quantitative estimate of drug-likeness (QED) is 0.895. The van der Waals surface area contributed by atoms with Gasteiger partial charge in [-0.1, -0.05) is 12.5 Å². The molecule has 0 bridgehead atoms. The second-order valence-corrected chi connectivity index (χ2v) is 5.65. The van der Waals surface area contributed by atoms with Gasteiger partial charge in [0.05, 0.1) is 13.2 Å². The summed E-state index contributed by atoms with van der Waals surface area (Å²) in [6, 6.07) is 10.3. The number of nitriles is 1. The molecule has 1 aromatic rings. The summed E-state index contributed by atoms with van der Waals surface area (Å²) in [6.45, 7) is 0.901. The highest BCUT2D eigenvalue weighted by atomic mass is 16.5. The fourth-order valence-corrected chi connectivity index (χ4v) is 2.98. The molecule has 0 radical (unpaired) electrons. The minimum absolute atomic E-state index is 0.306. The summed E-state index contributed by atoms with van der Waals surface area (Å²) in [6.07, 6.45) is 3.92. The Kier molecular flexibility index (Phi) is 4.51. The Balaban J connectivity index is 1.95. The topological polar surface area (TPSA) is 62.3 Å². The number of hydrogen-bond acceptors (Lipinski definition) is 4. The molecule has 2 unspecified atom stereocenters. The van der Waals surface area contributed by atoms with Gasteiger partial charge >= 0.3 is 0 Å². The lowest BCUT2D eigenvalue weighted by atomic mass is 9.87. The molecule has 0 heterocycles. The maximum atomic E-state index is 9.24. The maximum absolute atomic E-state index is 9.24. The molecule has 2 rings (SSSR count). The predicted octanol–water partition coefficient (Wildman–Crippen LogP) is 2.54. The first-order chi connectivity index (χ1) is 9.59. The number of anilines is 1. The summed E-state index contributed by atoms with van der Waals surface area (Å²) in [7, 11) is 3.74. The van der Waals surface area contributed by atoms with Crippen molar-refractivity contribution in [1.29, 1.82) is 5.26 Å². The Hall–Kier alpha value is -1.73. The fraction of sp³-hybridized carbons (Fsp3) is 0.562. The average molecular weight is 273 g/mol. The van der Waals surface area contributed by atoms with Crippen molar-refractivity contribution >= 4 is 5.69 Å². The molecule has 4 nitrogen and oxygen atoms in total. The van der Waals surface area contributed by atoms with E-state index < -0.39 is 5.54 Å². The van der Waals surface area contributed by atoms with Gasteiger partial charge in [0.15, 0.2) is 0 Å². The molecule has 1 aliphatic rings. The van der Waals surface area contributed by atoms with Crippen LogP contribution in [0.2, 0.25) is 0 Å². The van der Waals surface area contributed by atoms with E-state index in [4.69, 9.17) is 10.5 Å². The van der Waals surface area contributed by atoms with Gasteiger partial charge in [-0.05, 0) is 37.3 Å². The summed E-state index contributed by atoms with van der Waals surface area (Å²) in [5.41, 5.74) is 6.68. The molecule has 20 heavy (non-hydrogen) atoms. The lowest BCUT2D eigenvalue weighted by Crippen LogP contribution is -2.42. The molecule has 4 heteroatoms. The molecule has 1 saturated carbocycles. The number of nitrogens with zero attached hydrogens (tertiary/aromatic N) is 2. The first-order valence-electron chi connectivity index (χ1n) is 7.14. The van der Waals surface area contributed by atoms with Crippen LogP contribution in [0.25, 0.3) is 0 Å². The van der Waals surface area contributed by atoms with Crippen LogP contribution in [0.15, 0.2) is 24.3 Å². The number of ether oxygens (including phenoxy) is 1. The standard InChI is InChI=1S/C16H23N3O/c1-19(14-6-3-7-15(11-14)20-2)10-8-13-5-4-9-16(13,18)12-17/h3,6-7,11,13H,4-5,8-10,18H2,1-2H3. The van der Waals surface area contributed by atoms with Gasteiger partial charge in [0.2, 0.25) is 0 Å². The number of hydrogen-bond donors (Lipinski definition) is 1. The lowest BCUT2D eigenvalue weighted by Gasteiger charge is -2.27. The van der Waals surface area contributed by atoms with E-state index in [-0.39, 0.29) is 0 Å². The van der Waals surface area contributed by atoms with E-state index in [1.54, 1.807) is 7.11 Å². The number of benzene rings is 1. The fourth-order valence-electron chi connectivity index (χ4n) is 2.98. The van der Waals surface area contributed by atoms with Crippen molar-refractivity contribution in [1.82, 2.24) is 0 Å². The highest BCUT2D eigenvalue weighted by Gasteiger charge is 2.39. The van der Waals surface area contributed by atoms with Crippen LogP contribution in [0.3, 0.4) is 0 Å². The lowest BCUT2D eigenvalue weighted by molar-refractivity contribution is 0.376. The molecular weight excluding hydrogens is 250 g/mol. The SMILES string of the molecule is COc1cccc(N(C)CCC2CCCC2(N)C#N)c1. The van der Waals surface area contributed by atoms with E-state index in [0.717, 1.165) is 43.7 Å². The Morgan fingerprint density at radius 3 is 3.05 bits per heavy atom. The molecule has 108 valence electrons. The zero-order valence-corrected chi connectivity index (χ0v) is 12.3.